The molecule has 0 saturated heterocycles. The number of para-hydroxylation sites is 1. The van der Waals surface area contributed by atoms with Gasteiger partial charge in [-0.15, -0.1) is 0 Å². The Balaban J connectivity index is 1.50. The van der Waals surface area contributed by atoms with Crippen LogP contribution in [0.3, 0.4) is 0 Å². The minimum absolute atomic E-state index is 0.0656. The number of aromatic nitrogens is 2. The number of nitrogens with zero attached hydrogens (tertiary/aromatic N) is 4. The highest BCUT2D eigenvalue weighted by Gasteiger charge is 2.20. The molecular weight excluding hydrogens is 524 g/mol. The number of nitrogens with one attached hydrogen (secondary N) is 1. The van der Waals surface area contributed by atoms with Crippen molar-refractivity contribution >= 4 is 46.2 Å². The van der Waals surface area contributed by atoms with Gasteiger partial charge in [0.1, 0.15) is 11.7 Å². The molecule has 0 unspecified atom stereocenters. The number of fused-ring (bicyclic) bond motifs is 1. The molecule has 3 aromatic carbocycles. The van der Waals surface area contributed by atoms with E-state index in [9.17, 15) is 14.4 Å². The first-order chi connectivity index (χ1) is 19.8. The van der Waals surface area contributed by atoms with Crippen LogP contribution in [0.4, 0.5) is 16.2 Å². The van der Waals surface area contributed by atoms with E-state index in [2.05, 4.69) is 15.0 Å². The fourth-order valence-corrected chi connectivity index (χ4v) is 4.24. The number of imidazole rings is 1. The number of aryl methyl sites for hydroxylation is 1. The van der Waals surface area contributed by atoms with Gasteiger partial charge < -0.3 is 30.0 Å². The molecule has 0 radical (unpaired) electrons. The number of amides is 2. The van der Waals surface area contributed by atoms with Crippen LogP contribution in [0.15, 0.2) is 77.8 Å². The van der Waals surface area contributed by atoms with Gasteiger partial charge in [0.25, 0.3) is 5.91 Å². The number of carbonyl (C=O) groups is 3. The Kier molecular flexibility index (Phi) is 9.31. The molecule has 0 bridgehead atoms. The number of ether oxygens (including phenoxy) is 2. The molecule has 212 valence electrons. The van der Waals surface area contributed by atoms with Gasteiger partial charge in [-0.05, 0) is 61.5 Å². The van der Waals surface area contributed by atoms with E-state index < -0.39 is 6.09 Å². The summed E-state index contributed by atoms with van der Waals surface area (Å²) in [5.41, 5.74) is 9.96. The van der Waals surface area contributed by atoms with Gasteiger partial charge in [-0.3, -0.25) is 9.59 Å². The summed E-state index contributed by atoms with van der Waals surface area (Å²) < 4.78 is 11.5. The summed E-state index contributed by atoms with van der Waals surface area (Å²) in [5.74, 6) is 0.243. The second-order valence-electron chi connectivity index (χ2n) is 9.04. The molecule has 2 amide bonds. The smallest absolute Gasteiger partial charge is 0.435 e. The third-order valence-electron chi connectivity index (χ3n) is 6.40. The number of esters is 1. The van der Waals surface area contributed by atoms with E-state index in [0.717, 1.165) is 17.0 Å². The van der Waals surface area contributed by atoms with Crippen LogP contribution in [0.2, 0.25) is 0 Å². The predicted molar refractivity (Wildman–Crippen MR) is 157 cm³/mol. The average molecular weight is 557 g/mol. The predicted octanol–water partition coefficient (Wildman–Crippen LogP) is 4.26. The van der Waals surface area contributed by atoms with E-state index in [1.165, 1.54) is 7.11 Å². The van der Waals surface area contributed by atoms with Crippen LogP contribution in [0.25, 0.3) is 11.0 Å². The standard InChI is InChI=1S/C30H32N6O5/c1-4-41-27(37)16-17-36(23-8-6-5-7-9-23)29(38)21-12-15-25-24(18-21)33-26(35(25)2)19-32-22-13-10-20(11-14-22)28(31)34-30(39)40-3/h5-15,18,32H,4,16-17,19H2,1-3H3,(H2,31,34,39). The minimum atomic E-state index is -0.763. The SMILES string of the molecule is CCOC(=O)CCN(C(=O)c1ccc2c(c1)nc(CNc1ccc(/C(N)=N\C(=O)OC)cc1)n2C)c1ccccc1. The summed E-state index contributed by atoms with van der Waals surface area (Å²) in [6.07, 6.45) is -0.678. The van der Waals surface area contributed by atoms with Crippen LogP contribution in [-0.4, -0.2) is 53.6 Å². The summed E-state index contributed by atoms with van der Waals surface area (Å²) in [5, 5.41) is 3.32. The lowest BCUT2D eigenvalue weighted by atomic mass is 10.1. The van der Waals surface area contributed by atoms with Gasteiger partial charge in [0.05, 0.1) is 37.7 Å². The van der Waals surface area contributed by atoms with E-state index in [4.69, 9.17) is 15.5 Å². The van der Waals surface area contributed by atoms with Gasteiger partial charge in [0.15, 0.2) is 0 Å². The van der Waals surface area contributed by atoms with Gasteiger partial charge in [-0.25, -0.2) is 9.78 Å². The van der Waals surface area contributed by atoms with Crippen molar-refractivity contribution in [3.05, 3.63) is 89.7 Å². The quantitative estimate of drug-likeness (QED) is 0.168. The Morgan fingerprint density at radius 2 is 1.73 bits per heavy atom. The topological polar surface area (TPSA) is 141 Å². The first-order valence-corrected chi connectivity index (χ1v) is 13.0. The van der Waals surface area contributed by atoms with Crippen molar-refractivity contribution in [2.24, 2.45) is 17.8 Å². The number of aliphatic imine (C=N–C) groups is 1. The highest BCUT2D eigenvalue weighted by molar-refractivity contribution is 6.08. The normalized spacial score (nSPS) is 11.2. The maximum Gasteiger partial charge on any atom is 0.435 e. The fourth-order valence-electron chi connectivity index (χ4n) is 4.24. The van der Waals surface area contributed by atoms with Gasteiger partial charge in [0, 0.05) is 36.1 Å². The van der Waals surface area contributed by atoms with Gasteiger partial charge in [-0.2, -0.15) is 4.99 Å². The lowest BCUT2D eigenvalue weighted by molar-refractivity contribution is -0.142. The zero-order chi connectivity index (χ0) is 29.4. The van der Waals surface area contributed by atoms with Gasteiger partial charge in [0.2, 0.25) is 0 Å². The maximum absolute atomic E-state index is 13.6. The fraction of sp³-hybridized carbons (Fsp3) is 0.233. The van der Waals surface area contributed by atoms with Crippen molar-refractivity contribution in [2.45, 2.75) is 19.9 Å². The molecular formula is C30H32N6O5. The zero-order valence-corrected chi connectivity index (χ0v) is 23.2. The van der Waals surface area contributed by atoms with E-state index in [0.29, 0.717) is 28.9 Å². The number of hydrogen-bond acceptors (Lipinski definition) is 7. The van der Waals surface area contributed by atoms with Crippen molar-refractivity contribution in [3.8, 4) is 0 Å². The summed E-state index contributed by atoms with van der Waals surface area (Å²) in [6.45, 7) is 2.66. The molecule has 0 aliphatic carbocycles. The van der Waals surface area contributed by atoms with E-state index >= 15 is 0 Å². The summed E-state index contributed by atoms with van der Waals surface area (Å²) in [7, 11) is 3.15. The molecule has 41 heavy (non-hydrogen) atoms. The Morgan fingerprint density at radius 3 is 2.41 bits per heavy atom. The maximum atomic E-state index is 13.6. The molecule has 0 spiro atoms. The molecule has 4 rings (SSSR count). The van der Waals surface area contributed by atoms with Crippen molar-refractivity contribution in [2.75, 3.05) is 30.5 Å². The molecule has 1 heterocycles. The van der Waals surface area contributed by atoms with Crippen LogP contribution < -0.4 is 16.0 Å². The molecule has 0 fully saturated rings. The third-order valence-corrected chi connectivity index (χ3v) is 6.40. The van der Waals surface area contributed by atoms with Crippen LogP contribution in [0.5, 0.6) is 0 Å². The Hall–Kier alpha value is -5.19. The molecule has 11 nitrogen and oxygen atoms in total. The number of nitrogens with two attached hydrogens (primary N) is 1. The number of benzene rings is 3. The van der Waals surface area contributed by atoms with Crippen LogP contribution in [0.1, 0.15) is 35.1 Å². The molecule has 1 aromatic heterocycles. The van der Waals surface area contributed by atoms with Crippen LogP contribution >= 0.6 is 0 Å². The molecule has 0 saturated carbocycles. The van der Waals surface area contributed by atoms with Gasteiger partial charge in [-0.1, -0.05) is 18.2 Å². The molecule has 3 N–H and O–H groups in total. The van der Waals surface area contributed by atoms with Crippen molar-refractivity contribution < 1.29 is 23.9 Å². The summed E-state index contributed by atoms with van der Waals surface area (Å²) in [6, 6.07) is 21.8. The number of carbonyl (C=O) groups excluding carboxylic acids is 3. The van der Waals surface area contributed by atoms with Crippen LogP contribution in [0, 0.1) is 0 Å². The second-order valence-corrected chi connectivity index (χ2v) is 9.04. The zero-order valence-electron chi connectivity index (χ0n) is 23.2. The average Bonchev–Trinajstić information content (AvgIpc) is 3.31. The molecule has 0 aliphatic rings. The lowest BCUT2D eigenvalue weighted by Crippen LogP contribution is -2.33. The molecule has 4 aromatic rings. The monoisotopic (exact) mass is 556 g/mol. The van der Waals surface area contributed by atoms with Crippen molar-refractivity contribution in [3.63, 3.8) is 0 Å². The largest absolute Gasteiger partial charge is 0.466 e. The third kappa shape index (κ3) is 7.07. The Morgan fingerprint density at radius 1 is 1.02 bits per heavy atom. The molecule has 0 aliphatic heterocycles. The number of anilines is 2. The van der Waals surface area contributed by atoms with Crippen LogP contribution in [-0.2, 0) is 27.9 Å². The highest BCUT2D eigenvalue weighted by Crippen LogP contribution is 2.22. The highest BCUT2D eigenvalue weighted by atomic mass is 16.5. The first kappa shape index (κ1) is 28.8. The van der Waals surface area contributed by atoms with Crippen molar-refractivity contribution in [1.29, 1.82) is 0 Å². The van der Waals surface area contributed by atoms with Gasteiger partial charge >= 0.3 is 12.1 Å². The van der Waals surface area contributed by atoms with E-state index in [1.807, 2.05) is 60.1 Å². The number of methoxy groups -OCH3 is 1. The van der Waals surface area contributed by atoms with Crippen molar-refractivity contribution in [1.82, 2.24) is 9.55 Å². The first-order valence-electron chi connectivity index (χ1n) is 13.0. The second kappa shape index (κ2) is 13.2. The number of amidine groups is 1. The molecule has 0 atom stereocenters. The minimum Gasteiger partial charge on any atom is -0.466 e. The van der Waals surface area contributed by atoms with E-state index in [1.54, 1.807) is 36.1 Å². The van der Waals surface area contributed by atoms with E-state index in [-0.39, 0.29) is 37.3 Å². The summed E-state index contributed by atoms with van der Waals surface area (Å²) in [4.78, 5) is 46.9. The number of rotatable bonds is 10. The molecule has 11 heteroatoms. The lowest BCUT2D eigenvalue weighted by Gasteiger charge is -2.22. The Labute approximate surface area is 237 Å². The Bertz CT molecular complexity index is 1560. The number of hydrogen-bond donors (Lipinski definition) is 2. The summed E-state index contributed by atoms with van der Waals surface area (Å²) >= 11 is 0.